The summed E-state index contributed by atoms with van der Waals surface area (Å²) in [6, 6.07) is 6.45. The average molecular weight is 440 g/mol. The number of hydrogen-bond donors (Lipinski definition) is 3. The third-order valence-electron chi connectivity index (χ3n) is 6.26. The fourth-order valence-electron chi connectivity index (χ4n) is 4.43. The fraction of sp³-hybridized carbons (Fsp3) is 0.522. The third kappa shape index (κ3) is 4.97. The number of nitrogens with one attached hydrogen (secondary N) is 2. The lowest BCUT2D eigenvalue weighted by Crippen LogP contribution is -2.36. The lowest BCUT2D eigenvalue weighted by Gasteiger charge is -2.27. The maximum absolute atomic E-state index is 10.2. The number of nitrogens with zero attached hydrogens (tertiary/aromatic N) is 3. The largest absolute Gasteiger partial charge is 0.391 e. The van der Waals surface area contributed by atoms with E-state index in [1.54, 1.807) is 17.5 Å². The molecule has 0 bridgehead atoms. The lowest BCUT2D eigenvalue weighted by molar-refractivity contribution is 0.0844. The maximum atomic E-state index is 10.2. The molecule has 5 rings (SSSR count). The monoisotopic (exact) mass is 439 g/mol. The molecule has 0 unspecified atom stereocenters. The van der Waals surface area contributed by atoms with Gasteiger partial charge in [0.05, 0.1) is 34.3 Å². The normalized spacial score (nSPS) is 22.5. The molecule has 0 radical (unpaired) electrons. The number of hydrogen-bond acceptors (Lipinski definition) is 8. The van der Waals surface area contributed by atoms with Gasteiger partial charge >= 0.3 is 0 Å². The second-order valence-corrected chi connectivity index (χ2v) is 9.52. The van der Waals surface area contributed by atoms with Crippen LogP contribution in [0.5, 0.6) is 0 Å². The van der Waals surface area contributed by atoms with Crippen LogP contribution in [0.15, 0.2) is 30.6 Å². The molecule has 2 aliphatic rings. The predicted octanol–water partition coefficient (Wildman–Crippen LogP) is 4.31. The zero-order valence-corrected chi connectivity index (χ0v) is 18.4. The van der Waals surface area contributed by atoms with Crippen LogP contribution < -0.4 is 10.6 Å². The molecule has 2 atom stereocenters. The summed E-state index contributed by atoms with van der Waals surface area (Å²) in [6.45, 7) is 2.29. The van der Waals surface area contributed by atoms with Crippen molar-refractivity contribution in [1.29, 1.82) is 0 Å². The molecule has 7 nitrogen and oxygen atoms in total. The van der Waals surface area contributed by atoms with E-state index >= 15 is 0 Å². The summed E-state index contributed by atoms with van der Waals surface area (Å²) in [4.78, 5) is 13.9. The van der Waals surface area contributed by atoms with Gasteiger partial charge in [0.2, 0.25) is 0 Å². The molecule has 1 saturated carbocycles. The zero-order valence-electron chi connectivity index (χ0n) is 17.6. The van der Waals surface area contributed by atoms with Crippen LogP contribution in [0.3, 0.4) is 0 Å². The molecule has 164 valence electrons. The summed E-state index contributed by atoms with van der Waals surface area (Å²) < 4.78 is 6.60. The van der Waals surface area contributed by atoms with Gasteiger partial charge in [0.15, 0.2) is 5.13 Å². The number of anilines is 2. The third-order valence-corrected chi connectivity index (χ3v) is 7.21. The molecule has 0 spiro atoms. The summed E-state index contributed by atoms with van der Waals surface area (Å²) >= 11 is 1.65. The number of aromatic nitrogens is 3. The minimum atomic E-state index is -0.279. The highest BCUT2D eigenvalue weighted by atomic mass is 32.1. The van der Waals surface area contributed by atoms with Gasteiger partial charge < -0.3 is 20.5 Å². The van der Waals surface area contributed by atoms with Crippen LogP contribution in [0.2, 0.25) is 0 Å². The van der Waals surface area contributed by atoms with E-state index in [-0.39, 0.29) is 12.1 Å². The molecule has 0 amide bonds. The molecule has 1 aromatic carbocycles. The van der Waals surface area contributed by atoms with Gasteiger partial charge in [0.25, 0.3) is 0 Å². The number of fused-ring (bicyclic) bond motifs is 1. The molecule has 31 heavy (non-hydrogen) atoms. The molecule has 3 aromatic rings. The standard InChI is InChI=1S/C23H29N5O2S/c29-20-4-2-1-3-17(20)27-23-28-18-6-5-15(11-21(18)31-23)12-25-22-14-24-13-19(26-22)16-7-9-30-10-8-16/h5-6,11,13-14,16-17,20,29H,1-4,7-10,12H2,(H,25,26)(H,27,28)/t17-,20-/m1/s1. The Labute approximate surface area is 186 Å². The van der Waals surface area contributed by atoms with Crippen molar-refractivity contribution in [2.24, 2.45) is 0 Å². The fourth-order valence-corrected chi connectivity index (χ4v) is 5.42. The SMILES string of the molecule is O[C@@H]1CCCC[C@H]1Nc1nc2ccc(CNc3cncc(C4CCOCC4)n3)cc2s1. The highest BCUT2D eigenvalue weighted by Gasteiger charge is 2.23. The minimum absolute atomic E-state index is 0.108. The van der Waals surface area contributed by atoms with Crippen molar-refractivity contribution >= 4 is 32.5 Å². The van der Waals surface area contributed by atoms with Gasteiger partial charge in [0.1, 0.15) is 5.82 Å². The quantitative estimate of drug-likeness (QED) is 0.527. The molecule has 1 aliphatic carbocycles. The minimum Gasteiger partial charge on any atom is -0.391 e. The van der Waals surface area contributed by atoms with Crippen LogP contribution in [0, 0.1) is 0 Å². The Morgan fingerprint density at radius 1 is 1.06 bits per heavy atom. The number of thiazole rings is 1. The summed E-state index contributed by atoms with van der Waals surface area (Å²) in [5.41, 5.74) is 3.22. The van der Waals surface area contributed by atoms with E-state index in [1.807, 2.05) is 6.20 Å². The van der Waals surface area contributed by atoms with Crippen LogP contribution in [0.4, 0.5) is 10.9 Å². The molecule has 1 aliphatic heterocycles. The number of benzene rings is 1. The van der Waals surface area contributed by atoms with Crippen LogP contribution in [0.1, 0.15) is 55.7 Å². The van der Waals surface area contributed by atoms with E-state index in [9.17, 15) is 5.11 Å². The summed E-state index contributed by atoms with van der Waals surface area (Å²) in [5, 5.41) is 18.0. The molecular weight excluding hydrogens is 410 g/mol. The van der Waals surface area contributed by atoms with E-state index in [0.29, 0.717) is 12.5 Å². The van der Waals surface area contributed by atoms with E-state index in [1.165, 1.54) is 5.56 Å². The molecule has 8 heteroatoms. The Bertz CT molecular complexity index is 1020. The first-order valence-electron chi connectivity index (χ1n) is 11.2. The van der Waals surface area contributed by atoms with E-state index in [2.05, 4.69) is 33.8 Å². The van der Waals surface area contributed by atoms with Crippen molar-refractivity contribution in [3.8, 4) is 0 Å². The Morgan fingerprint density at radius 2 is 1.94 bits per heavy atom. The van der Waals surface area contributed by atoms with Gasteiger partial charge in [-0.15, -0.1) is 0 Å². The zero-order chi connectivity index (χ0) is 21.0. The number of aliphatic hydroxyl groups excluding tert-OH is 1. The number of ether oxygens (including phenoxy) is 1. The Kier molecular flexibility index (Phi) is 6.29. The smallest absolute Gasteiger partial charge is 0.184 e. The van der Waals surface area contributed by atoms with E-state index in [0.717, 1.165) is 78.6 Å². The molecular formula is C23H29N5O2S. The molecule has 1 saturated heterocycles. The summed E-state index contributed by atoms with van der Waals surface area (Å²) in [7, 11) is 0. The molecule has 2 aromatic heterocycles. The van der Waals surface area contributed by atoms with Crippen LogP contribution in [0.25, 0.3) is 10.2 Å². The van der Waals surface area contributed by atoms with E-state index in [4.69, 9.17) is 14.7 Å². The first-order valence-corrected chi connectivity index (χ1v) is 12.0. The van der Waals surface area contributed by atoms with Gasteiger partial charge in [-0.3, -0.25) is 4.98 Å². The molecule has 3 heterocycles. The van der Waals surface area contributed by atoms with Crippen molar-refractivity contribution in [2.75, 3.05) is 23.8 Å². The Morgan fingerprint density at radius 3 is 2.81 bits per heavy atom. The van der Waals surface area contributed by atoms with Crippen molar-refractivity contribution in [3.05, 3.63) is 41.9 Å². The van der Waals surface area contributed by atoms with Gasteiger partial charge in [0, 0.05) is 31.9 Å². The lowest BCUT2D eigenvalue weighted by atomic mass is 9.93. The molecule has 2 fully saturated rings. The van der Waals surface area contributed by atoms with Gasteiger partial charge in [-0.1, -0.05) is 30.2 Å². The van der Waals surface area contributed by atoms with Crippen molar-refractivity contribution in [3.63, 3.8) is 0 Å². The van der Waals surface area contributed by atoms with Gasteiger partial charge in [-0.25, -0.2) is 9.97 Å². The summed E-state index contributed by atoms with van der Waals surface area (Å²) in [5.74, 6) is 1.24. The maximum Gasteiger partial charge on any atom is 0.184 e. The topological polar surface area (TPSA) is 92.2 Å². The Balaban J connectivity index is 1.23. The summed E-state index contributed by atoms with van der Waals surface area (Å²) in [6.07, 6.45) is 9.54. The second-order valence-electron chi connectivity index (χ2n) is 8.49. The van der Waals surface area contributed by atoms with E-state index < -0.39 is 0 Å². The van der Waals surface area contributed by atoms with Crippen molar-refractivity contribution in [1.82, 2.24) is 15.0 Å². The van der Waals surface area contributed by atoms with Gasteiger partial charge in [-0.05, 0) is 43.4 Å². The first-order chi connectivity index (χ1) is 15.2. The number of rotatable bonds is 6. The second kappa shape index (κ2) is 9.46. The average Bonchev–Trinajstić information content (AvgIpc) is 3.22. The first kappa shape index (κ1) is 20.6. The highest BCUT2D eigenvalue weighted by Crippen LogP contribution is 2.30. The predicted molar refractivity (Wildman–Crippen MR) is 124 cm³/mol. The molecule has 3 N–H and O–H groups in total. The number of aliphatic hydroxyl groups is 1. The van der Waals surface area contributed by atoms with Crippen LogP contribution in [-0.2, 0) is 11.3 Å². The highest BCUT2D eigenvalue weighted by molar-refractivity contribution is 7.22. The van der Waals surface area contributed by atoms with Gasteiger partial charge in [-0.2, -0.15) is 0 Å². The van der Waals surface area contributed by atoms with Crippen molar-refractivity contribution in [2.45, 2.75) is 63.1 Å². The van der Waals surface area contributed by atoms with Crippen LogP contribution >= 0.6 is 11.3 Å². The van der Waals surface area contributed by atoms with Crippen molar-refractivity contribution < 1.29 is 9.84 Å². The van der Waals surface area contributed by atoms with Crippen LogP contribution in [-0.4, -0.2) is 45.4 Å². The Hall–Kier alpha value is -2.29.